The molecule has 0 aliphatic carbocycles. The van der Waals surface area contributed by atoms with Crippen LogP contribution in [0, 0.1) is 6.92 Å². The summed E-state index contributed by atoms with van der Waals surface area (Å²) < 4.78 is 0. The van der Waals surface area contributed by atoms with Gasteiger partial charge in [0.2, 0.25) is 0 Å². The maximum Gasteiger partial charge on any atom is 0.191 e. The van der Waals surface area contributed by atoms with Crippen molar-refractivity contribution in [2.45, 2.75) is 32.6 Å². The number of guanidine groups is 1. The van der Waals surface area contributed by atoms with E-state index in [9.17, 15) is 5.11 Å². The Labute approximate surface area is 154 Å². The van der Waals surface area contributed by atoms with Crippen molar-refractivity contribution in [1.82, 2.24) is 15.6 Å². The van der Waals surface area contributed by atoms with Crippen LogP contribution in [0.5, 0.6) is 0 Å². The molecule has 0 aliphatic heterocycles. The first-order valence-electron chi connectivity index (χ1n) is 8.73. The SMILES string of the molecule is CCc1nc(CCNC(=NC)NCC(CO)c2ccccc2)sc1C. The molecule has 0 saturated carbocycles. The van der Waals surface area contributed by atoms with Crippen molar-refractivity contribution in [3.8, 4) is 0 Å². The fourth-order valence-electron chi connectivity index (χ4n) is 2.66. The van der Waals surface area contributed by atoms with Gasteiger partial charge < -0.3 is 15.7 Å². The molecule has 5 nitrogen and oxygen atoms in total. The van der Waals surface area contributed by atoms with E-state index in [-0.39, 0.29) is 12.5 Å². The molecule has 2 rings (SSSR count). The smallest absolute Gasteiger partial charge is 0.191 e. The zero-order valence-electron chi connectivity index (χ0n) is 15.2. The van der Waals surface area contributed by atoms with Crippen molar-refractivity contribution >= 4 is 17.3 Å². The normalized spacial score (nSPS) is 12.9. The van der Waals surface area contributed by atoms with E-state index in [1.165, 1.54) is 10.6 Å². The van der Waals surface area contributed by atoms with Gasteiger partial charge in [-0.1, -0.05) is 37.3 Å². The lowest BCUT2D eigenvalue weighted by molar-refractivity contribution is 0.265. The minimum absolute atomic E-state index is 0.0495. The van der Waals surface area contributed by atoms with Crippen molar-refractivity contribution in [2.75, 3.05) is 26.7 Å². The van der Waals surface area contributed by atoms with Gasteiger partial charge in [0.1, 0.15) is 0 Å². The number of aliphatic imine (C=N–C) groups is 1. The lowest BCUT2D eigenvalue weighted by atomic mass is 10.0. The first-order valence-corrected chi connectivity index (χ1v) is 9.55. The third-order valence-corrected chi connectivity index (χ3v) is 5.21. The van der Waals surface area contributed by atoms with E-state index in [0.29, 0.717) is 6.54 Å². The van der Waals surface area contributed by atoms with Crippen LogP contribution in [0.1, 0.15) is 34.0 Å². The third-order valence-electron chi connectivity index (χ3n) is 4.13. The van der Waals surface area contributed by atoms with Crippen LogP contribution in [-0.4, -0.2) is 42.8 Å². The van der Waals surface area contributed by atoms with Crippen LogP contribution in [0.2, 0.25) is 0 Å². The van der Waals surface area contributed by atoms with Crippen molar-refractivity contribution < 1.29 is 5.11 Å². The fraction of sp³-hybridized carbons (Fsp3) is 0.474. The molecule has 0 radical (unpaired) electrons. The highest BCUT2D eigenvalue weighted by Gasteiger charge is 2.11. The molecule has 1 unspecified atom stereocenters. The minimum Gasteiger partial charge on any atom is -0.396 e. The van der Waals surface area contributed by atoms with Gasteiger partial charge in [-0.25, -0.2) is 4.98 Å². The number of thiazole rings is 1. The number of benzene rings is 1. The highest BCUT2D eigenvalue weighted by molar-refractivity contribution is 7.11. The second-order valence-corrected chi connectivity index (χ2v) is 7.17. The van der Waals surface area contributed by atoms with Crippen molar-refractivity contribution in [1.29, 1.82) is 0 Å². The zero-order valence-corrected chi connectivity index (χ0v) is 16.1. The predicted octanol–water partition coefficient (Wildman–Crippen LogP) is 2.50. The summed E-state index contributed by atoms with van der Waals surface area (Å²) in [6, 6.07) is 10.0. The van der Waals surface area contributed by atoms with E-state index >= 15 is 0 Å². The van der Waals surface area contributed by atoms with Gasteiger partial charge in [0.15, 0.2) is 5.96 Å². The van der Waals surface area contributed by atoms with E-state index < -0.39 is 0 Å². The van der Waals surface area contributed by atoms with Gasteiger partial charge in [0, 0.05) is 37.4 Å². The molecule has 3 N–H and O–H groups in total. The maximum atomic E-state index is 9.63. The summed E-state index contributed by atoms with van der Waals surface area (Å²) in [6.07, 6.45) is 1.87. The number of aliphatic hydroxyl groups is 1. The van der Waals surface area contributed by atoms with Gasteiger partial charge in [-0.2, -0.15) is 0 Å². The monoisotopic (exact) mass is 360 g/mol. The lowest BCUT2D eigenvalue weighted by Gasteiger charge is -2.18. The number of hydrogen-bond donors (Lipinski definition) is 3. The summed E-state index contributed by atoms with van der Waals surface area (Å²) in [5.74, 6) is 0.798. The predicted molar refractivity (Wildman–Crippen MR) is 106 cm³/mol. The first kappa shape index (κ1) is 19.4. The second-order valence-electron chi connectivity index (χ2n) is 5.88. The number of hydrogen-bond acceptors (Lipinski definition) is 4. The Hall–Kier alpha value is -1.92. The largest absolute Gasteiger partial charge is 0.396 e. The van der Waals surface area contributed by atoms with E-state index in [1.807, 2.05) is 30.3 Å². The number of nitrogens with zero attached hydrogens (tertiary/aromatic N) is 2. The molecule has 0 spiro atoms. The highest BCUT2D eigenvalue weighted by Crippen LogP contribution is 2.18. The van der Waals surface area contributed by atoms with Gasteiger partial charge in [-0.15, -0.1) is 11.3 Å². The molecule has 136 valence electrons. The van der Waals surface area contributed by atoms with Gasteiger partial charge >= 0.3 is 0 Å². The summed E-state index contributed by atoms with van der Waals surface area (Å²) in [7, 11) is 1.76. The molecule has 0 aliphatic rings. The molecule has 1 aromatic carbocycles. The average Bonchev–Trinajstić information content (AvgIpc) is 3.01. The van der Waals surface area contributed by atoms with Gasteiger partial charge in [-0.05, 0) is 18.9 Å². The number of aromatic nitrogens is 1. The van der Waals surface area contributed by atoms with Crippen LogP contribution in [-0.2, 0) is 12.8 Å². The molecule has 2 aromatic rings. The van der Waals surface area contributed by atoms with Gasteiger partial charge in [-0.3, -0.25) is 4.99 Å². The molecular formula is C19H28N4OS. The molecule has 1 atom stereocenters. The molecule has 1 aromatic heterocycles. The molecule has 0 amide bonds. The van der Waals surface area contributed by atoms with Crippen molar-refractivity contribution in [2.24, 2.45) is 4.99 Å². The maximum absolute atomic E-state index is 9.63. The van der Waals surface area contributed by atoms with Crippen molar-refractivity contribution in [3.63, 3.8) is 0 Å². The Balaban J connectivity index is 1.80. The topological polar surface area (TPSA) is 69.5 Å². The molecule has 1 heterocycles. The van der Waals surface area contributed by atoms with Crippen LogP contribution in [0.25, 0.3) is 0 Å². The second kappa shape index (κ2) is 10.2. The first-order chi connectivity index (χ1) is 12.2. The van der Waals surface area contributed by atoms with Crippen LogP contribution in [0.4, 0.5) is 0 Å². The number of aliphatic hydroxyl groups excluding tert-OH is 1. The number of nitrogens with one attached hydrogen (secondary N) is 2. The quantitative estimate of drug-likeness (QED) is 0.500. The number of rotatable bonds is 8. The van der Waals surface area contributed by atoms with E-state index in [1.54, 1.807) is 18.4 Å². The Bertz CT molecular complexity index is 669. The van der Waals surface area contributed by atoms with Crippen LogP contribution in [0.15, 0.2) is 35.3 Å². The summed E-state index contributed by atoms with van der Waals surface area (Å²) >= 11 is 1.77. The number of aryl methyl sites for hydroxylation is 2. The molecule has 6 heteroatoms. The van der Waals surface area contributed by atoms with Crippen LogP contribution < -0.4 is 10.6 Å². The molecule has 0 saturated heterocycles. The summed E-state index contributed by atoms with van der Waals surface area (Å²) in [5, 5.41) is 17.4. The molecule has 25 heavy (non-hydrogen) atoms. The molecular weight excluding hydrogens is 332 g/mol. The summed E-state index contributed by atoms with van der Waals surface area (Å²) in [4.78, 5) is 10.2. The Morgan fingerprint density at radius 1 is 1.28 bits per heavy atom. The molecule has 0 fully saturated rings. The standard InChI is InChI=1S/C19H28N4OS/c1-4-17-14(2)25-18(23-17)10-11-21-19(20-3)22-12-16(13-24)15-8-6-5-7-9-15/h5-9,16,24H,4,10-13H2,1-3H3,(H2,20,21,22). The summed E-state index contributed by atoms with van der Waals surface area (Å²) in [5.41, 5.74) is 2.33. The minimum atomic E-state index is 0.0495. The van der Waals surface area contributed by atoms with E-state index in [0.717, 1.165) is 35.9 Å². The molecule has 0 bridgehead atoms. The average molecular weight is 361 g/mol. The summed E-state index contributed by atoms with van der Waals surface area (Å²) in [6.45, 7) is 5.79. The Morgan fingerprint density at radius 3 is 2.64 bits per heavy atom. The van der Waals surface area contributed by atoms with Crippen LogP contribution >= 0.6 is 11.3 Å². The van der Waals surface area contributed by atoms with Crippen molar-refractivity contribution in [3.05, 3.63) is 51.5 Å². The highest BCUT2D eigenvalue weighted by atomic mass is 32.1. The Morgan fingerprint density at radius 2 is 2.04 bits per heavy atom. The van der Waals surface area contributed by atoms with Gasteiger partial charge in [0.05, 0.1) is 17.3 Å². The van der Waals surface area contributed by atoms with E-state index in [2.05, 4.69) is 34.5 Å². The third kappa shape index (κ3) is 5.83. The Kier molecular flexibility index (Phi) is 7.88. The lowest BCUT2D eigenvalue weighted by Crippen LogP contribution is -2.40. The zero-order chi connectivity index (χ0) is 18.1. The van der Waals surface area contributed by atoms with Gasteiger partial charge in [0.25, 0.3) is 0 Å². The van der Waals surface area contributed by atoms with Crippen LogP contribution in [0.3, 0.4) is 0 Å². The fourth-order valence-corrected chi connectivity index (χ4v) is 3.69. The van der Waals surface area contributed by atoms with E-state index in [4.69, 9.17) is 0 Å².